The second-order valence-electron chi connectivity index (χ2n) is 8.15. The monoisotopic (exact) mass is 436 g/mol. The number of amides is 1. The Morgan fingerprint density at radius 2 is 1.77 bits per heavy atom. The van der Waals surface area contributed by atoms with Crippen LogP contribution in [0, 0.1) is 0 Å². The van der Waals surface area contributed by atoms with Gasteiger partial charge < -0.3 is 19.6 Å². The van der Waals surface area contributed by atoms with Gasteiger partial charge in [0.1, 0.15) is 11.9 Å². The summed E-state index contributed by atoms with van der Waals surface area (Å²) >= 11 is 1.54. The standard InChI is InChI=1S/C25H28N2O3S/c1-16(26(2)3)15-27-20-9-5-7-17-8-6-10-21(22(17)20)31-24(23(28)25(27)29)18-11-13-19(30-4)14-12-18/h5-14,16,23-24,28H,15H2,1-4H3/t16?,23-,24+/m1/s1. The van der Waals surface area contributed by atoms with E-state index < -0.39 is 11.4 Å². The molecule has 0 spiro atoms. The van der Waals surface area contributed by atoms with Crippen molar-refractivity contribution in [3.05, 3.63) is 66.2 Å². The number of hydrogen-bond acceptors (Lipinski definition) is 5. The number of nitrogens with zero attached hydrogens (tertiary/aromatic N) is 2. The van der Waals surface area contributed by atoms with Gasteiger partial charge in [-0.05, 0) is 56.2 Å². The molecular formula is C25H28N2O3S. The molecule has 3 aromatic rings. The molecule has 0 saturated carbocycles. The number of carbonyl (C=O) groups excluding carboxylic acids is 1. The SMILES string of the molecule is COc1ccc([C@@H]2Sc3cccc4cccc(c34)N(CC(C)N(C)C)C(=O)[C@@H]2O)cc1. The molecule has 0 aromatic heterocycles. The summed E-state index contributed by atoms with van der Waals surface area (Å²) in [5.41, 5.74) is 1.75. The predicted molar refractivity (Wildman–Crippen MR) is 127 cm³/mol. The van der Waals surface area contributed by atoms with Gasteiger partial charge in [0.15, 0.2) is 0 Å². The summed E-state index contributed by atoms with van der Waals surface area (Å²) in [7, 11) is 5.62. The first-order valence-corrected chi connectivity index (χ1v) is 11.3. The molecule has 162 valence electrons. The van der Waals surface area contributed by atoms with E-state index in [0.29, 0.717) is 6.54 Å². The van der Waals surface area contributed by atoms with Crippen LogP contribution >= 0.6 is 11.8 Å². The summed E-state index contributed by atoms with van der Waals surface area (Å²) in [5.74, 6) is 0.471. The molecule has 0 bridgehead atoms. The topological polar surface area (TPSA) is 53.0 Å². The maximum absolute atomic E-state index is 13.6. The molecule has 0 radical (unpaired) electrons. The van der Waals surface area contributed by atoms with Crippen molar-refractivity contribution in [2.75, 3.05) is 32.6 Å². The molecule has 1 aliphatic rings. The lowest BCUT2D eigenvalue weighted by Crippen LogP contribution is -2.47. The van der Waals surface area contributed by atoms with Crippen LogP contribution in [0.5, 0.6) is 5.75 Å². The van der Waals surface area contributed by atoms with Crippen LogP contribution in [0.15, 0.2) is 65.6 Å². The van der Waals surface area contributed by atoms with Gasteiger partial charge in [-0.25, -0.2) is 0 Å². The first-order chi connectivity index (χ1) is 14.9. The molecule has 1 amide bonds. The van der Waals surface area contributed by atoms with Gasteiger partial charge in [-0.3, -0.25) is 4.79 Å². The number of aliphatic hydroxyl groups is 1. The number of benzene rings is 3. The number of aliphatic hydroxyl groups excluding tert-OH is 1. The maximum Gasteiger partial charge on any atom is 0.257 e. The van der Waals surface area contributed by atoms with E-state index >= 15 is 0 Å². The highest BCUT2D eigenvalue weighted by atomic mass is 32.2. The molecule has 0 saturated heterocycles. The number of likely N-dealkylation sites (N-methyl/N-ethyl adjacent to an activating group) is 1. The van der Waals surface area contributed by atoms with Gasteiger partial charge in [0.05, 0.1) is 18.0 Å². The Hall–Kier alpha value is -2.54. The lowest BCUT2D eigenvalue weighted by molar-refractivity contribution is -0.126. The fraction of sp³-hybridized carbons (Fsp3) is 0.320. The van der Waals surface area contributed by atoms with Crippen molar-refractivity contribution in [1.29, 1.82) is 0 Å². The van der Waals surface area contributed by atoms with E-state index in [9.17, 15) is 9.90 Å². The van der Waals surface area contributed by atoms with Gasteiger partial charge in [-0.1, -0.05) is 36.4 Å². The Labute approximate surface area is 187 Å². The number of thioether (sulfide) groups is 1. The van der Waals surface area contributed by atoms with Gasteiger partial charge in [0.25, 0.3) is 5.91 Å². The van der Waals surface area contributed by atoms with Gasteiger partial charge in [-0.2, -0.15) is 0 Å². The molecule has 1 aliphatic heterocycles. The molecule has 31 heavy (non-hydrogen) atoms. The lowest BCUT2D eigenvalue weighted by Gasteiger charge is -2.35. The summed E-state index contributed by atoms with van der Waals surface area (Å²) in [6.45, 7) is 2.58. The van der Waals surface area contributed by atoms with Crippen LogP contribution in [0.4, 0.5) is 5.69 Å². The van der Waals surface area contributed by atoms with Crippen molar-refractivity contribution in [2.45, 2.75) is 29.2 Å². The van der Waals surface area contributed by atoms with Gasteiger partial charge in [-0.15, -0.1) is 11.8 Å². The van der Waals surface area contributed by atoms with E-state index in [1.165, 1.54) is 0 Å². The van der Waals surface area contributed by atoms with E-state index in [2.05, 4.69) is 30.0 Å². The molecule has 3 atom stereocenters. The predicted octanol–water partition coefficient (Wildman–Crippen LogP) is 4.34. The highest BCUT2D eigenvalue weighted by molar-refractivity contribution is 7.99. The van der Waals surface area contributed by atoms with Crippen LogP contribution in [0.25, 0.3) is 10.8 Å². The maximum atomic E-state index is 13.6. The normalized spacial score (nSPS) is 19.9. The molecule has 1 heterocycles. The Morgan fingerprint density at radius 3 is 2.42 bits per heavy atom. The molecular weight excluding hydrogens is 408 g/mol. The molecule has 1 N–H and O–H groups in total. The zero-order valence-electron chi connectivity index (χ0n) is 18.3. The Bertz CT molecular complexity index is 1080. The van der Waals surface area contributed by atoms with Crippen LogP contribution in [0.1, 0.15) is 17.7 Å². The van der Waals surface area contributed by atoms with Crippen molar-refractivity contribution in [2.24, 2.45) is 0 Å². The van der Waals surface area contributed by atoms with E-state index in [-0.39, 0.29) is 11.9 Å². The lowest BCUT2D eigenvalue weighted by atomic mass is 10.0. The number of rotatable bonds is 5. The first-order valence-electron chi connectivity index (χ1n) is 10.4. The average Bonchev–Trinajstić information content (AvgIpc) is 2.79. The second kappa shape index (κ2) is 8.91. The Kier molecular flexibility index (Phi) is 6.23. The minimum absolute atomic E-state index is 0.130. The third-order valence-electron chi connectivity index (χ3n) is 5.97. The summed E-state index contributed by atoms with van der Waals surface area (Å²) in [5, 5.41) is 13.0. The molecule has 3 aromatic carbocycles. The second-order valence-corrected chi connectivity index (χ2v) is 9.33. The third kappa shape index (κ3) is 4.15. The number of methoxy groups -OCH3 is 1. The molecule has 5 nitrogen and oxygen atoms in total. The van der Waals surface area contributed by atoms with Gasteiger partial charge in [0.2, 0.25) is 0 Å². The van der Waals surface area contributed by atoms with E-state index in [4.69, 9.17) is 4.74 Å². The van der Waals surface area contributed by atoms with E-state index in [0.717, 1.165) is 32.7 Å². The number of carbonyl (C=O) groups is 1. The summed E-state index contributed by atoms with van der Waals surface area (Å²) in [6, 6.07) is 19.9. The fourth-order valence-corrected chi connectivity index (χ4v) is 5.19. The highest BCUT2D eigenvalue weighted by Gasteiger charge is 2.36. The number of anilines is 1. The first kappa shape index (κ1) is 21.7. The number of ether oxygens (including phenoxy) is 1. The van der Waals surface area contributed by atoms with Crippen molar-refractivity contribution in [3.8, 4) is 5.75 Å². The fourth-order valence-electron chi connectivity index (χ4n) is 3.88. The zero-order chi connectivity index (χ0) is 22.1. The van der Waals surface area contributed by atoms with Crippen LogP contribution in [-0.4, -0.2) is 55.8 Å². The van der Waals surface area contributed by atoms with Crippen molar-refractivity contribution in [1.82, 2.24) is 4.90 Å². The van der Waals surface area contributed by atoms with Crippen LogP contribution in [-0.2, 0) is 4.79 Å². The minimum Gasteiger partial charge on any atom is -0.497 e. The molecule has 6 heteroatoms. The van der Waals surface area contributed by atoms with Gasteiger partial charge in [0, 0.05) is 22.9 Å². The third-order valence-corrected chi connectivity index (χ3v) is 7.35. The summed E-state index contributed by atoms with van der Waals surface area (Å²) in [4.78, 5) is 18.5. The Balaban J connectivity index is 1.87. The van der Waals surface area contributed by atoms with Crippen molar-refractivity contribution in [3.63, 3.8) is 0 Å². The smallest absolute Gasteiger partial charge is 0.257 e. The molecule has 0 fully saturated rings. The zero-order valence-corrected chi connectivity index (χ0v) is 19.1. The van der Waals surface area contributed by atoms with E-state index in [1.807, 2.05) is 56.6 Å². The van der Waals surface area contributed by atoms with Crippen molar-refractivity contribution < 1.29 is 14.6 Å². The quantitative estimate of drug-likeness (QED) is 0.645. The Morgan fingerprint density at radius 1 is 1.10 bits per heavy atom. The summed E-state index contributed by atoms with van der Waals surface area (Å²) in [6.07, 6.45) is -1.17. The summed E-state index contributed by atoms with van der Waals surface area (Å²) < 4.78 is 5.28. The van der Waals surface area contributed by atoms with Crippen LogP contribution < -0.4 is 9.64 Å². The van der Waals surface area contributed by atoms with Crippen LogP contribution in [0.2, 0.25) is 0 Å². The molecule has 4 rings (SSSR count). The molecule has 1 unspecified atom stereocenters. The van der Waals surface area contributed by atoms with E-state index in [1.54, 1.807) is 23.8 Å². The van der Waals surface area contributed by atoms with Crippen molar-refractivity contribution >= 4 is 34.1 Å². The number of hydrogen-bond donors (Lipinski definition) is 1. The highest BCUT2D eigenvalue weighted by Crippen LogP contribution is 2.46. The average molecular weight is 437 g/mol. The van der Waals surface area contributed by atoms with Crippen LogP contribution in [0.3, 0.4) is 0 Å². The van der Waals surface area contributed by atoms with Gasteiger partial charge >= 0.3 is 0 Å². The largest absolute Gasteiger partial charge is 0.497 e. The molecule has 0 aliphatic carbocycles. The minimum atomic E-state index is -1.17.